The van der Waals surface area contributed by atoms with Gasteiger partial charge in [0.05, 0.1) is 25.5 Å². The number of unbranched alkanes of at least 4 members (excludes halogenated alkanes) is 1. The lowest BCUT2D eigenvalue weighted by Gasteiger charge is -2.39. The summed E-state index contributed by atoms with van der Waals surface area (Å²) in [4.78, 5) is 30.6. The Morgan fingerprint density at radius 2 is 1.74 bits per heavy atom. The van der Waals surface area contributed by atoms with Gasteiger partial charge in [0, 0.05) is 49.9 Å². The maximum Gasteiger partial charge on any atom is 0.253 e. The normalized spacial score (nSPS) is 14.3. The molecule has 11 heteroatoms. The number of sulfonamides is 1. The van der Waals surface area contributed by atoms with Crippen LogP contribution in [0.1, 0.15) is 61.9 Å². The summed E-state index contributed by atoms with van der Waals surface area (Å²) in [5.41, 5.74) is 1.45. The number of rotatable bonds is 16. The molecule has 0 saturated carbocycles. The van der Waals surface area contributed by atoms with Gasteiger partial charge in [-0.3, -0.25) is 9.59 Å². The number of amides is 2. The molecule has 1 fully saturated rings. The number of methoxy groups -OCH3 is 1. The van der Waals surface area contributed by atoms with Gasteiger partial charge in [0.25, 0.3) is 5.91 Å². The minimum Gasteiger partial charge on any atom is -0.494 e. The van der Waals surface area contributed by atoms with E-state index in [2.05, 4.69) is 6.92 Å². The quantitative estimate of drug-likeness (QED) is 0.249. The minimum atomic E-state index is -3.62. The fraction of sp³-hybridized carbons (Fsp3) is 0.548. The third-order valence-electron chi connectivity index (χ3n) is 7.33. The number of nitrogens with zero attached hydrogens (tertiary/aromatic N) is 3. The summed E-state index contributed by atoms with van der Waals surface area (Å²) in [5.74, 6) is 0.367. The van der Waals surface area contributed by atoms with Crippen molar-refractivity contribution in [1.82, 2.24) is 14.1 Å². The minimum absolute atomic E-state index is 0.0371. The molecule has 1 aliphatic rings. The Kier molecular flexibility index (Phi) is 13.6. The Labute approximate surface area is 255 Å². The Balaban J connectivity index is 1.72. The molecule has 42 heavy (non-hydrogen) atoms. The van der Waals surface area contributed by atoms with Crippen LogP contribution in [0, 0.1) is 0 Å². The molecule has 0 aliphatic carbocycles. The van der Waals surface area contributed by atoms with Crippen molar-refractivity contribution in [3.8, 4) is 5.75 Å². The first-order chi connectivity index (χ1) is 20.2. The number of carbonyl (C=O) groups is 2. The summed E-state index contributed by atoms with van der Waals surface area (Å²) in [6.07, 6.45) is 3.64. The second kappa shape index (κ2) is 16.8. The molecule has 2 aromatic rings. The van der Waals surface area contributed by atoms with Gasteiger partial charge in [0.1, 0.15) is 5.75 Å². The highest BCUT2D eigenvalue weighted by atomic mass is 35.5. The molecule has 0 atom stereocenters. The summed E-state index contributed by atoms with van der Waals surface area (Å²) in [5, 5.41) is 0.564. The molecule has 0 N–H and O–H groups in total. The van der Waals surface area contributed by atoms with E-state index in [1.165, 1.54) is 11.4 Å². The number of hydrogen-bond acceptors (Lipinski definition) is 6. The van der Waals surface area contributed by atoms with Crippen molar-refractivity contribution in [2.24, 2.45) is 0 Å². The van der Waals surface area contributed by atoms with Crippen molar-refractivity contribution >= 4 is 33.4 Å². The van der Waals surface area contributed by atoms with Gasteiger partial charge >= 0.3 is 0 Å². The molecule has 1 saturated heterocycles. The van der Waals surface area contributed by atoms with Crippen molar-refractivity contribution in [2.75, 3.05) is 52.3 Å². The van der Waals surface area contributed by atoms with Crippen LogP contribution in [0.4, 0.5) is 0 Å². The monoisotopic (exact) mass is 621 g/mol. The third-order valence-corrected chi connectivity index (χ3v) is 9.59. The Hall–Kier alpha value is -2.66. The van der Waals surface area contributed by atoms with E-state index in [1.807, 2.05) is 35.2 Å². The number of ether oxygens (including phenoxy) is 2. The molecule has 1 aliphatic heterocycles. The first-order valence-electron chi connectivity index (χ1n) is 14.7. The number of likely N-dealkylation sites (tertiary alicyclic amines) is 1. The zero-order chi connectivity index (χ0) is 30.5. The highest BCUT2D eigenvalue weighted by Gasteiger charge is 2.33. The molecule has 0 unspecified atom stereocenters. The molecular formula is C31H44ClN3O6S. The van der Waals surface area contributed by atoms with E-state index >= 15 is 0 Å². The lowest BCUT2D eigenvalue weighted by molar-refractivity contribution is -0.135. The molecule has 9 nitrogen and oxygen atoms in total. The average Bonchev–Trinajstić information content (AvgIpc) is 2.98. The zero-order valence-electron chi connectivity index (χ0n) is 25.0. The summed E-state index contributed by atoms with van der Waals surface area (Å²) in [6.45, 7) is 5.85. The number of hydrogen-bond donors (Lipinski definition) is 0. The van der Waals surface area contributed by atoms with Crippen LogP contribution in [0.3, 0.4) is 0 Å². The summed E-state index contributed by atoms with van der Waals surface area (Å²) < 4.78 is 37.9. The van der Waals surface area contributed by atoms with Crippen molar-refractivity contribution in [3.05, 3.63) is 64.7 Å². The topological polar surface area (TPSA) is 96.5 Å². The average molecular weight is 622 g/mol. The molecule has 232 valence electrons. The van der Waals surface area contributed by atoms with E-state index in [4.69, 9.17) is 21.1 Å². The van der Waals surface area contributed by atoms with E-state index in [-0.39, 0.29) is 43.3 Å². The van der Waals surface area contributed by atoms with Crippen LogP contribution in [-0.2, 0) is 26.1 Å². The van der Waals surface area contributed by atoms with Crippen LogP contribution in [0.2, 0.25) is 5.02 Å². The van der Waals surface area contributed by atoms with Gasteiger partial charge in [-0.05, 0) is 67.6 Å². The Morgan fingerprint density at radius 3 is 2.36 bits per heavy atom. The SMILES string of the molecule is CCCCOc1ccc(C(=O)N2CCC(N(Cc3cccc(Cl)c3)C(=O)CN(CCOC)S(=O)(=O)CCC)CC2)cc1. The van der Waals surface area contributed by atoms with Crippen LogP contribution in [0.25, 0.3) is 0 Å². The predicted octanol–water partition coefficient (Wildman–Crippen LogP) is 4.84. The summed E-state index contributed by atoms with van der Waals surface area (Å²) in [7, 11) is -2.12. The van der Waals surface area contributed by atoms with E-state index < -0.39 is 10.0 Å². The van der Waals surface area contributed by atoms with E-state index in [0.717, 1.165) is 24.2 Å². The lowest BCUT2D eigenvalue weighted by Crippen LogP contribution is -2.51. The number of benzene rings is 2. The van der Waals surface area contributed by atoms with Crippen LogP contribution in [0.5, 0.6) is 5.75 Å². The standard InChI is InChI=1S/C31H44ClN3O6S/c1-4-6-19-41-29-12-10-26(11-13-29)31(37)33-16-14-28(15-17-33)35(23-25-8-7-9-27(32)22-25)30(36)24-34(18-20-40-3)42(38,39)21-5-2/h7-13,22,28H,4-6,14-21,23-24H2,1-3H3. The number of carbonyl (C=O) groups excluding carboxylic acids is 2. The Bertz CT molecular complexity index is 1250. The van der Waals surface area contributed by atoms with Crippen LogP contribution in [-0.4, -0.2) is 92.6 Å². The van der Waals surface area contributed by atoms with Crippen LogP contribution >= 0.6 is 11.6 Å². The fourth-order valence-electron chi connectivity index (χ4n) is 4.98. The largest absolute Gasteiger partial charge is 0.494 e. The fourth-order valence-corrected chi connectivity index (χ4v) is 6.63. The van der Waals surface area contributed by atoms with Gasteiger partial charge in [0.2, 0.25) is 15.9 Å². The first kappa shape index (κ1) is 33.8. The molecule has 1 heterocycles. The lowest BCUT2D eigenvalue weighted by atomic mass is 10.0. The highest BCUT2D eigenvalue weighted by molar-refractivity contribution is 7.89. The third kappa shape index (κ3) is 9.97. The molecule has 0 spiro atoms. The molecule has 2 aromatic carbocycles. The Morgan fingerprint density at radius 1 is 1.02 bits per heavy atom. The first-order valence-corrected chi connectivity index (χ1v) is 16.7. The van der Waals surface area contributed by atoms with Gasteiger partial charge in [-0.2, -0.15) is 4.31 Å². The number of piperidine rings is 1. The maximum absolute atomic E-state index is 13.8. The van der Waals surface area contributed by atoms with Gasteiger partial charge in [0.15, 0.2) is 0 Å². The van der Waals surface area contributed by atoms with Crippen LogP contribution < -0.4 is 4.74 Å². The second-order valence-electron chi connectivity index (χ2n) is 10.5. The van der Waals surface area contributed by atoms with Gasteiger partial charge < -0.3 is 19.3 Å². The van der Waals surface area contributed by atoms with E-state index in [0.29, 0.717) is 56.1 Å². The second-order valence-corrected chi connectivity index (χ2v) is 13.1. The summed E-state index contributed by atoms with van der Waals surface area (Å²) >= 11 is 6.23. The molecule has 0 aromatic heterocycles. The molecule has 0 bridgehead atoms. The summed E-state index contributed by atoms with van der Waals surface area (Å²) in [6, 6.07) is 14.4. The van der Waals surface area contributed by atoms with Gasteiger partial charge in [-0.15, -0.1) is 0 Å². The maximum atomic E-state index is 13.8. The van der Waals surface area contributed by atoms with Crippen molar-refractivity contribution in [2.45, 2.75) is 58.5 Å². The van der Waals surface area contributed by atoms with Crippen LogP contribution in [0.15, 0.2) is 48.5 Å². The smallest absolute Gasteiger partial charge is 0.253 e. The molecular weight excluding hydrogens is 578 g/mol. The van der Waals surface area contributed by atoms with Gasteiger partial charge in [-0.1, -0.05) is 44.0 Å². The van der Waals surface area contributed by atoms with Gasteiger partial charge in [-0.25, -0.2) is 8.42 Å². The number of halogens is 1. The van der Waals surface area contributed by atoms with E-state index in [1.54, 1.807) is 30.0 Å². The van der Waals surface area contributed by atoms with Crippen molar-refractivity contribution < 1.29 is 27.5 Å². The van der Waals surface area contributed by atoms with E-state index in [9.17, 15) is 18.0 Å². The zero-order valence-corrected chi connectivity index (χ0v) is 26.5. The van der Waals surface area contributed by atoms with Crippen molar-refractivity contribution in [1.29, 1.82) is 0 Å². The molecule has 3 rings (SSSR count). The molecule has 2 amide bonds. The highest BCUT2D eigenvalue weighted by Crippen LogP contribution is 2.23. The molecule has 0 radical (unpaired) electrons. The predicted molar refractivity (Wildman–Crippen MR) is 165 cm³/mol. The van der Waals surface area contributed by atoms with Crippen molar-refractivity contribution in [3.63, 3.8) is 0 Å².